The van der Waals surface area contributed by atoms with Gasteiger partial charge in [-0.2, -0.15) is 0 Å². The fourth-order valence-electron chi connectivity index (χ4n) is 5.73. The van der Waals surface area contributed by atoms with Gasteiger partial charge in [-0.05, 0) is 61.7 Å². The normalized spacial score (nSPS) is 21.0. The van der Waals surface area contributed by atoms with Crippen molar-refractivity contribution in [3.63, 3.8) is 0 Å². The summed E-state index contributed by atoms with van der Waals surface area (Å²) in [7, 11) is 0. The van der Waals surface area contributed by atoms with Crippen LogP contribution in [0.25, 0.3) is 10.9 Å². The highest BCUT2D eigenvalue weighted by atomic mass is 19.1. The number of hydrogen-bond donors (Lipinski definition) is 1. The molecule has 5 rings (SSSR count). The Labute approximate surface area is 199 Å². The Hall–Kier alpha value is -3.12. The van der Waals surface area contributed by atoms with E-state index in [0.29, 0.717) is 18.5 Å². The summed E-state index contributed by atoms with van der Waals surface area (Å²) in [6.07, 6.45) is 3.70. The van der Waals surface area contributed by atoms with E-state index in [4.69, 9.17) is 0 Å². The molecule has 2 saturated heterocycles. The van der Waals surface area contributed by atoms with Crippen LogP contribution in [0.5, 0.6) is 0 Å². The number of ketones is 1. The molecule has 1 aromatic heterocycles. The Kier molecular flexibility index (Phi) is 6.17. The summed E-state index contributed by atoms with van der Waals surface area (Å²) in [6, 6.07) is 16.3. The minimum absolute atomic E-state index is 0.0714. The Balaban J connectivity index is 1.19. The second kappa shape index (κ2) is 9.26. The van der Waals surface area contributed by atoms with E-state index in [0.717, 1.165) is 48.9 Å². The lowest BCUT2D eigenvalue weighted by molar-refractivity contribution is -0.130. The number of hydrogen-bond acceptors (Lipinski definition) is 4. The fourth-order valence-corrected chi connectivity index (χ4v) is 5.73. The average molecular weight is 460 g/mol. The van der Waals surface area contributed by atoms with E-state index in [2.05, 4.69) is 22.1 Å². The van der Waals surface area contributed by atoms with Crippen molar-refractivity contribution in [1.29, 1.82) is 0 Å². The van der Waals surface area contributed by atoms with E-state index in [9.17, 15) is 14.0 Å². The number of carbonyl (C=O) groups excluding carboxylic acids is 2. The second-order valence-corrected chi connectivity index (χ2v) is 9.92. The molecular weight excluding hydrogens is 429 g/mol. The molecule has 3 heterocycles. The zero-order valence-corrected chi connectivity index (χ0v) is 19.5. The van der Waals surface area contributed by atoms with Crippen LogP contribution in [0.15, 0.2) is 60.8 Å². The highest BCUT2D eigenvalue weighted by Gasteiger charge is 2.51. The van der Waals surface area contributed by atoms with Crippen LogP contribution in [0.3, 0.4) is 0 Å². The molecule has 2 aliphatic heterocycles. The number of amides is 1. The molecule has 0 radical (unpaired) electrons. The van der Waals surface area contributed by atoms with Gasteiger partial charge in [0.1, 0.15) is 5.82 Å². The fraction of sp³-hybridized carbons (Fsp3) is 0.393. The van der Waals surface area contributed by atoms with Gasteiger partial charge in [0.15, 0.2) is 5.78 Å². The van der Waals surface area contributed by atoms with Crippen molar-refractivity contribution in [3.8, 4) is 0 Å². The molecule has 2 fully saturated rings. The number of fused-ring (bicyclic) bond motifs is 1. The van der Waals surface area contributed by atoms with Crippen LogP contribution in [0, 0.1) is 17.2 Å². The quantitative estimate of drug-likeness (QED) is 0.548. The number of Topliss-reactive ketones (excluding diaryl/α,β-unsaturated/α-hetero) is 1. The van der Waals surface area contributed by atoms with Gasteiger partial charge in [-0.3, -0.25) is 14.6 Å². The summed E-state index contributed by atoms with van der Waals surface area (Å²) >= 11 is 0. The number of nitrogens with one attached hydrogen (secondary N) is 1. The molecule has 176 valence electrons. The maximum absolute atomic E-state index is 13.4. The van der Waals surface area contributed by atoms with Crippen molar-refractivity contribution in [1.82, 2.24) is 15.2 Å². The predicted octanol–water partition coefficient (Wildman–Crippen LogP) is 4.58. The molecule has 3 aromatic rings. The standard InChI is InChI=1S/C28H30FN3O2/c1-19(14-26(33)22-15-21-4-2-3-5-25(21)30-16-22)18-32-12-10-28(11-13-32)24(17-31-27(28)34)20-6-8-23(29)9-7-20/h2-9,15-16,19,24H,10-14,17-18H2,1H3,(H,31,34)/t19-,24+/m1/s1. The van der Waals surface area contributed by atoms with E-state index in [1.54, 1.807) is 6.20 Å². The number of benzene rings is 2. The number of carbonyl (C=O) groups is 2. The lowest BCUT2D eigenvalue weighted by Crippen LogP contribution is -2.47. The SMILES string of the molecule is C[C@H](CC(=O)c1cnc2ccccc2c1)CN1CCC2(CC1)C(=O)NC[C@H]2c1ccc(F)cc1. The van der Waals surface area contributed by atoms with Crippen LogP contribution in [-0.2, 0) is 4.79 Å². The first-order valence-corrected chi connectivity index (χ1v) is 12.1. The van der Waals surface area contributed by atoms with Crippen LogP contribution >= 0.6 is 0 Å². The van der Waals surface area contributed by atoms with Gasteiger partial charge in [0, 0.05) is 42.6 Å². The Morgan fingerprint density at radius 3 is 2.68 bits per heavy atom. The maximum Gasteiger partial charge on any atom is 0.227 e. The highest BCUT2D eigenvalue weighted by molar-refractivity contribution is 5.98. The number of rotatable bonds is 6. The van der Waals surface area contributed by atoms with Crippen molar-refractivity contribution in [2.45, 2.75) is 32.1 Å². The molecule has 1 amide bonds. The highest BCUT2D eigenvalue weighted by Crippen LogP contribution is 2.47. The van der Waals surface area contributed by atoms with Gasteiger partial charge in [-0.15, -0.1) is 0 Å². The molecule has 1 spiro atoms. The van der Waals surface area contributed by atoms with Crippen molar-refractivity contribution in [2.75, 3.05) is 26.2 Å². The Morgan fingerprint density at radius 1 is 1.18 bits per heavy atom. The van der Waals surface area contributed by atoms with Crippen molar-refractivity contribution in [2.24, 2.45) is 11.3 Å². The number of pyridine rings is 1. The van der Waals surface area contributed by atoms with E-state index < -0.39 is 5.41 Å². The number of nitrogens with zero attached hydrogens (tertiary/aromatic N) is 2. The zero-order valence-electron chi connectivity index (χ0n) is 19.5. The maximum atomic E-state index is 13.4. The summed E-state index contributed by atoms with van der Waals surface area (Å²) in [5.41, 5.74) is 2.15. The van der Waals surface area contributed by atoms with Crippen molar-refractivity contribution >= 4 is 22.6 Å². The van der Waals surface area contributed by atoms with Gasteiger partial charge in [0.25, 0.3) is 0 Å². The minimum Gasteiger partial charge on any atom is -0.355 e. The third-order valence-electron chi connectivity index (χ3n) is 7.62. The molecular formula is C28H30FN3O2. The van der Waals surface area contributed by atoms with Gasteiger partial charge in [0.05, 0.1) is 10.9 Å². The molecule has 2 aliphatic rings. The van der Waals surface area contributed by atoms with Crippen LogP contribution in [0.1, 0.15) is 48.0 Å². The van der Waals surface area contributed by atoms with Crippen LogP contribution in [-0.4, -0.2) is 47.8 Å². The third kappa shape index (κ3) is 4.34. The molecule has 0 unspecified atom stereocenters. The average Bonchev–Trinajstić information content (AvgIpc) is 3.16. The van der Waals surface area contributed by atoms with E-state index >= 15 is 0 Å². The topological polar surface area (TPSA) is 62.3 Å². The van der Waals surface area contributed by atoms with Gasteiger partial charge >= 0.3 is 0 Å². The number of likely N-dealkylation sites (tertiary alicyclic amines) is 1. The molecule has 0 bridgehead atoms. The monoisotopic (exact) mass is 459 g/mol. The lowest BCUT2D eigenvalue weighted by atomic mass is 9.68. The van der Waals surface area contributed by atoms with E-state index in [1.165, 1.54) is 12.1 Å². The first-order chi connectivity index (χ1) is 16.4. The van der Waals surface area contributed by atoms with Gasteiger partial charge < -0.3 is 10.2 Å². The van der Waals surface area contributed by atoms with Gasteiger partial charge in [-0.25, -0.2) is 4.39 Å². The Morgan fingerprint density at radius 2 is 1.91 bits per heavy atom. The smallest absolute Gasteiger partial charge is 0.227 e. The van der Waals surface area contributed by atoms with Crippen LogP contribution in [0.4, 0.5) is 4.39 Å². The minimum atomic E-state index is -0.426. The zero-order chi connectivity index (χ0) is 23.7. The first-order valence-electron chi connectivity index (χ1n) is 12.1. The first kappa shape index (κ1) is 22.7. The van der Waals surface area contributed by atoms with Crippen molar-refractivity contribution in [3.05, 3.63) is 77.7 Å². The Bertz CT molecular complexity index is 1200. The summed E-state index contributed by atoms with van der Waals surface area (Å²) in [6.45, 7) is 5.18. The van der Waals surface area contributed by atoms with Crippen LogP contribution in [0.2, 0.25) is 0 Å². The number of aromatic nitrogens is 1. The van der Waals surface area contributed by atoms with Gasteiger partial charge in [-0.1, -0.05) is 37.3 Å². The molecule has 5 nitrogen and oxygen atoms in total. The number of halogens is 1. The molecule has 2 aromatic carbocycles. The summed E-state index contributed by atoms with van der Waals surface area (Å²) < 4.78 is 13.4. The van der Waals surface area contributed by atoms with Crippen LogP contribution < -0.4 is 5.32 Å². The molecule has 6 heteroatoms. The predicted molar refractivity (Wildman–Crippen MR) is 130 cm³/mol. The largest absolute Gasteiger partial charge is 0.355 e. The number of para-hydroxylation sites is 1. The summed E-state index contributed by atoms with van der Waals surface area (Å²) in [5, 5.41) is 4.03. The molecule has 1 N–H and O–H groups in total. The number of piperidine rings is 1. The molecule has 34 heavy (non-hydrogen) atoms. The molecule has 0 aliphatic carbocycles. The third-order valence-corrected chi connectivity index (χ3v) is 7.62. The van der Waals surface area contributed by atoms with Crippen molar-refractivity contribution < 1.29 is 14.0 Å². The van der Waals surface area contributed by atoms with E-state index in [1.807, 2.05) is 42.5 Å². The summed E-state index contributed by atoms with van der Waals surface area (Å²) in [4.78, 5) is 32.5. The second-order valence-electron chi connectivity index (χ2n) is 9.92. The lowest BCUT2D eigenvalue weighted by Gasteiger charge is -2.41. The summed E-state index contributed by atoms with van der Waals surface area (Å²) in [5.74, 6) is 0.257. The molecule has 0 saturated carbocycles. The molecule has 2 atom stereocenters. The van der Waals surface area contributed by atoms with Gasteiger partial charge in [0.2, 0.25) is 5.91 Å². The van der Waals surface area contributed by atoms with E-state index in [-0.39, 0.29) is 29.3 Å².